The quantitative estimate of drug-likeness (QED) is 0.272. The fraction of sp³-hybridized carbons (Fsp3) is 0.267. The zero-order valence-corrected chi connectivity index (χ0v) is 22.9. The van der Waals surface area contributed by atoms with Gasteiger partial charge in [-0.3, -0.25) is 14.2 Å². The number of para-hydroxylation sites is 1. The third kappa shape index (κ3) is 5.34. The summed E-state index contributed by atoms with van der Waals surface area (Å²) in [6, 6.07) is 15.4. The number of ether oxygens (including phenoxy) is 2. The molecule has 39 heavy (non-hydrogen) atoms. The number of aryl methyl sites for hydroxylation is 2. The van der Waals surface area contributed by atoms with Crippen molar-refractivity contribution >= 4 is 22.5 Å². The van der Waals surface area contributed by atoms with Gasteiger partial charge in [-0.25, -0.2) is 4.98 Å². The number of anilines is 1. The van der Waals surface area contributed by atoms with Crippen LogP contribution in [0.3, 0.4) is 0 Å². The van der Waals surface area contributed by atoms with Gasteiger partial charge in [-0.2, -0.15) is 10.2 Å². The van der Waals surface area contributed by atoms with Crippen molar-refractivity contribution in [2.75, 3.05) is 18.5 Å². The van der Waals surface area contributed by atoms with Crippen molar-refractivity contribution in [3.63, 3.8) is 0 Å². The average Bonchev–Trinajstić information content (AvgIpc) is 3.46. The Morgan fingerprint density at radius 1 is 1.00 bits per heavy atom. The van der Waals surface area contributed by atoms with Crippen LogP contribution in [0.5, 0.6) is 11.5 Å². The van der Waals surface area contributed by atoms with Crippen LogP contribution in [0.1, 0.15) is 41.2 Å². The molecule has 9 heteroatoms. The van der Waals surface area contributed by atoms with Gasteiger partial charge in [0.1, 0.15) is 0 Å². The van der Waals surface area contributed by atoms with Gasteiger partial charge in [0.05, 0.1) is 54.1 Å². The fourth-order valence-corrected chi connectivity index (χ4v) is 4.73. The predicted octanol–water partition coefficient (Wildman–Crippen LogP) is 5.55. The number of carbonyl (C=O) groups is 1. The number of fused-ring (bicyclic) bond motifs is 1. The molecule has 2 aromatic carbocycles. The molecule has 0 saturated heterocycles. The molecule has 1 N–H and O–H groups in total. The SMILES string of the molecule is CCOc1ccc(Cn2cc(NC(=O)c3cc(-c4c(C)nn(C)c4C)nc4ccccc34)cn2)cc1OCC. The maximum absolute atomic E-state index is 13.5. The van der Waals surface area contributed by atoms with Crippen molar-refractivity contribution < 1.29 is 14.3 Å². The van der Waals surface area contributed by atoms with Crippen molar-refractivity contribution in [2.45, 2.75) is 34.2 Å². The molecule has 0 aliphatic carbocycles. The predicted molar refractivity (Wildman–Crippen MR) is 151 cm³/mol. The fourth-order valence-electron chi connectivity index (χ4n) is 4.73. The lowest BCUT2D eigenvalue weighted by Crippen LogP contribution is -2.13. The maximum Gasteiger partial charge on any atom is 0.256 e. The molecule has 9 nitrogen and oxygen atoms in total. The number of hydrogen-bond donors (Lipinski definition) is 1. The molecule has 0 atom stereocenters. The lowest BCUT2D eigenvalue weighted by Gasteiger charge is -2.12. The van der Waals surface area contributed by atoms with Gasteiger partial charge in [0.2, 0.25) is 0 Å². The normalized spacial score (nSPS) is 11.1. The van der Waals surface area contributed by atoms with E-state index >= 15 is 0 Å². The van der Waals surface area contributed by atoms with Gasteiger partial charge in [0, 0.05) is 29.9 Å². The van der Waals surface area contributed by atoms with Gasteiger partial charge in [0.25, 0.3) is 5.91 Å². The molecule has 0 unspecified atom stereocenters. The summed E-state index contributed by atoms with van der Waals surface area (Å²) in [6.07, 6.45) is 3.46. The third-order valence-electron chi connectivity index (χ3n) is 6.57. The Hall–Kier alpha value is -4.66. The maximum atomic E-state index is 13.5. The van der Waals surface area contributed by atoms with E-state index in [1.807, 2.05) is 94.2 Å². The summed E-state index contributed by atoms with van der Waals surface area (Å²) in [4.78, 5) is 18.4. The Morgan fingerprint density at radius 2 is 1.77 bits per heavy atom. The second kappa shape index (κ2) is 11.0. The molecule has 3 aromatic heterocycles. The minimum atomic E-state index is -0.228. The van der Waals surface area contributed by atoms with Crippen LogP contribution in [0, 0.1) is 13.8 Å². The molecule has 0 aliphatic heterocycles. The molecular weight excluding hydrogens is 492 g/mol. The number of hydrogen-bond acceptors (Lipinski definition) is 6. The van der Waals surface area contributed by atoms with E-state index in [2.05, 4.69) is 15.5 Å². The molecule has 5 rings (SSSR count). The minimum Gasteiger partial charge on any atom is -0.490 e. The van der Waals surface area contributed by atoms with E-state index < -0.39 is 0 Å². The van der Waals surface area contributed by atoms with E-state index in [0.717, 1.165) is 44.9 Å². The van der Waals surface area contributed by atoms with E-state index in [4.69, 9.17) is 14.5 Å². The molecule has 3 heterocycles. The summed E-state index contributed by atoms with van der Waals surface area (Å²) in [5.41, 5.74) is 6.42. The number of aromatic nitrogens is 5. The molecule has 0 aliphatic rings. The zero-order valence-electron chi connectivity index (χ0n) is 22.9. The van der Waals surface area contributed by atoms with Crippen LogP contribution in [0.25, 0.3) is 22.2 Å². The average molecular weight is 525 g/mol. The van der Waals surface area contributed by atoms with E-state index in [0.29, 0.717) is 36.8 Å². The summed E-state index contributed by atoms with van der Waals surface area (Å²) < 4.78 is 15.0. The van der Waals surface area contributed by atoms with Crippen LogP contribution in [-0.4, -0.2) is 43.7 Å². The number of rotatable bonds is 9. The summed E-state index contributed by atoms with van der Waals surface area (Å²) in [6.45, 7) is 9.48. The number of benzene rings is 2. The van der Waals surface area contributed by atoms with E-state index in [9.17, 15) is 4.79 Å². The first-order valence-corrected chi connectivity index (χ1v) is 13.0. The molecule has 0 saturated carbocycles. The van der Waals surface area contributed by atoms with Gasteiger partial charge in [0.15, 0.2) is 11.5 Å². The Labute approximate surface area is 227 Å². The smallest absolute Gasteiger partial charge is 0.256 e. The minimum absolute atomic E-state index is 0.228. The van der Waals surface area contributed by atoms with Gasteiger partial charge in [-0.1, -0.05) is 24.3 Å². The number of amides is 1. The van der Waals surface area contributed by atoms with Crippen molar-refractivity contribution in [3.05, 3.63) is 83.4 Å². The summed E-state index contributed by atoms with van der Waals surface area (Å²) >= 11 is 0. The van der Waals surface area contributed by atoms with Crippen molar-refractivity contribution in [1.29, 1.82) is 0 Å². The second-order valence-electron chi connectivity index (χ2n) is 9.27. The topological polar surface area (TPSA) is 96.1 Å². The summed E-state index contributed by atoms with van der Waals surface area (Å²) in [5, 5.41) is 12.8. The first-order valence-electron chi connectivity index (χ1n) is 13.0. The van der Waals surface area contributed by atoms with Crippen LogP contribution in [0.2, 0.25) is 0 Å². The lowest BCUT2D eigenvalue weighted by molar-refractivity contribution is 0.102. The van der Waals surface area contributed by atoms with E-state index in [1.165, 1.54) is 0 Å². The highest BCUT2D eigenvalue weighted by Crippen LogP contribution is 2.30. The number of nitrogens with zero attached hydrogens (tertiary/aromatic N) is 5. The summed E-state index contributed by atoms with van der Waals surface area (Å²) in [5.74, 6) is 1.20. The van der Waals surface area contributed by atoms with Crippen LogP contribution >= 0.6 is 0 Å². The molecule has 200 valence electrons. The highest BCUT2D eigenvalue weighted by molar-refractivity contribution is 6.13. The van der Waals surface area contributed by atoms with E-state index in [-0.39, 0.29) is 5.91 Å². The largest absolute Gasteiger partial charge is 0.490 e. The Morgan fingerprint density at radius 3 is 2.51 bits per heavy atom. The second-order valence-corrected chi connectivity index (χ2v) is 9.27. The monoisotopic (exact) mass is 524 g/mol. The van der Waals surface area contributed by atoms with Gasteiger partial charge in [-0.05, 0) is 57.5 Å². The Kier molecular flexibility index (Phi) is 7.31. The lowest BCUT2D eigenvalue weighted by atomic mass is 10.0. The third-order valence-corrected chi connectivity index (χ3v) is 6.57. The number of carbonyl (C=O) groups excluding carboxylic acids is 1. The van der Waals surface area contributed by atoms with Gasteiger partial charge in [-0.15, -0.1) is 0 Å². The zero-order chi connectivity index (χ0) is 27.5. The van der Waals surface area contributed by atoms with Gasteiger partial charge < -0.3 is 14.8 Å². The van der Waals surface area contributed by atoms with Crippen molar-refractivity contribution in [1.82, 2.24) is 24.5 Å². The van der Waals surface area contributed by atoms with Gasteiger partial charge >= 0.3 is 0 Å². The van der Waals surface area contributed by atoms with Crippen LogP contribution in [0.15, 0.2) is 60.9 Å². The highest BCUT2D eigenvalue weighted by atomic mass is 16.5. The molecular formula is C30H32N6O3. The molecule has 0 bridgehead atoms. The molecule has 5 aromatic rings. The number of nitrogens with one attached hydrogen (secondary N) is 1. The standard InChI is InChI=1S/C30H32N6O3/c1-6-38-27-13-12-21(14-28(27)39-7-2)17-36-18-22(16-31-36)32-30(37)24-15-26(29-19(3)34-35(5)20(29)4)33-25-11-9-8-10-23(24)25/h8-16,18H,6-7,17H2,1-5H3,(H,32,37). The molecule has 0 radical (unpaired) electrons. The van der Waals surface area contributed by atoms with Crippen LogP contribution < -0.4 is 14.8 Å². The molecule has 0 fully saturated rings. The molecule has 1 amide bonds. The Bertz CT molecular complexity index is 1650. The van der Waals surface area contributed by atoms with E-state index in [1.54, 1.807) is 10.9 Å². The van der Waals surface area contributed by atoms with Crippen molar-refractivity contribution in [3.8, 4) is 22.8 Å². The first kappa shape index (κ1) is 26.0. The summed E-state index contributed by atoms with van der Waals surface area (Å²) in [7, 11) is 1.91. The molecule has 0 spiro atoms. The number of pyridine rings is 1. The van der Waals surface area contributed by atoms with Crippen LogP contribution in [0.4, 0.5) is 5.69 Å². The highest BCUT2D eigenvalue weighted by Gasteiger charge is 2.19. The Balaban J connectivity index is 1.40. The first-order chi connectivity index (χ1) is 18.9. The van der Waals surface area contributed by atoms with Crippen molar-refractivity contribution in [2.24, 2.45) is 7.05 Å². The van der Waals surface area contributed by atoms with Crippen LogP contribution in [-0.2, 0) is 13.6 Å².